The van der Waals surface area contributed by atoms with E-state index in [4.69, 9.17) is 0 Å². The van der Waals surface area contributed by atoms with Crippen LogP contribution in [-0.4, -0.2) is 48.9 Å². The highest BCUT2D eigenvalue weighted by Gasteiger charge is 2.32. The van der Waals surface area contributed by atoms with E-state index in [9.17, 15) is 9.59 Å². The number of rotatable bonds is 4. The van der Waals surface area contributed by atoms with Gasteiger partial charge in [0.05, 0.1) is 12.5 Å². The predicted octanol–water partition coefficient (Wildman–Crippen LogP) is 1.76. The number of carbonyl (C=O) groups is 2. The van der Waals surface area contributed by atoms with E-state index in [1.807, 2.05) is 23.1 Å². The number of hydrogen-bond acceptors (Lipinski definition) is 3. The Bertz CT molecular complexity index is 620. The zero-order valence-electron chi connectivity index (χ0n) is 13.7. The molecule has 2 aliphatic rings. The van der Waals surface area contributed by atoms with Crippen molar-refractivity contribution in [2.24, 2.45) is 0 Å². The third kappa shape index (κ3) is 3.79. The Morgan fingerprint density at radius 3 is 2.92 bits per heavy atom. The van der Waals surface area contributed by atoms with Crippen molar-refractivity contribution < 1.29 is 9.59 Å². The number of anilines is 1. The maximum Gasteiger partial charge on any atom is 0.240 e. The summed E-state index contributed by atoms with van der Waals surface area (Å²) >= 11 is 0. The van der Waals surface area contributed by atoms with E-state index < -0.39 is 6.04 Å². The van der Waals surface area contributed by atoms with Crippen LogP contribution in [0, 0.1) is 0 Å². The van der Waals surface area contributed by atoms with E-state index >= 15 is 0 Å². The van der Waals surface area contributed by atoms with Gasteiger partial charge in [0.15, 0.2) is 0 Å². The highest BCUT2D eigenvalue weighted by atomic mass is 35.5. The summed E-state index contributed by atoms with van der Waals surface area (Å²) in [6, 6.07) is 7.61. The second-order valence-electron chi connectivity index (χ2n) is 6.06. The number of hydrogen-bond donors (Lipinski definition) is 1. The zero-order chi connectivity index (χ0) is 16.2. The number of carbonyl (C=O) groups excluding carboxylic acids is 2. The monoisotopic (exact) mass is 349 g/mol. The zero-order valence-corrected chi connectivity index (χ0v) is 14.6. The molecule has 6 heteroatoms. The summed E-state index contributed by atoms with van der Waals surface area (Å²) < 4.78 is 0. The molecule has 1 atom stereocenters. The third-order valence-corrected chi connectivity index (χ3v) is 4.52. The molecule has 1 fully saturated rings. The molecule has 1 unspecified atom stereocenters. The molecule has 1 N–H and O–H groups in total. The Kier molecular flexibility index (Phi) is 6.40. The molecule has 2 heterocycles. The molecule has 0 aromatic heterocycles. The molecule has 130 valence electrons. The topological polar surface area (TPSA) is 52.7 Å². The number of aryl methyl sites for hydroxylation is 1. The molecule has 1 saturated heterocycles. The minimum Gasteiger partial charge on any atom is -0.336 e. The first kappa shape index (κ1) is 18.5. The maximum atomic E-state index is 12.7. The van der Waals surface area contributed by atoms with Crippen LogP contribution in [0.4, 0.5) is 5.69 Å². The van der Waals surface area contributed by atoms with Gasteiger partial charge in [0.2, 0.25) is 11.8 Å². The molecule has 3 rings (SSSR count). The second kappa shape index (κ2) is 8.31. The Labute approximate surface area is 149 Å². The largest absolute Gasteiger partial charge is 0.336 e. The highest BCUT2D eigenvalue weighted by molar-refractivity contribution is 5.98. The van der Waals surface area contributed by atoms with Gasteiger partial charge in [-0.3, -0.25) is 9.59 Å². The molecule has 5 nitrogen and oxygen atoms in total. The molecule has 0 bridgehead atoms. The number of fused-ring (bicyclic) bond motifs is 1. The van der Waals surface area contributed by atoms with Gasteiger partial charge in [0.1, 0.15) is 0 Å². The highest BCUT2D eigenvalue weighted by Crippen LogP contribution is 2.27. The summed E-state index contributed by atoms with van der Waals surface area (Å²) in [4.78, 5) is 28.7. The van der Waals surface area contributed by atoms with Crippen molar-refractivity contribution in [1.29, 1.82) is 0 Å². The molecule has 1 aromatic rings. The van der Waals surface area contributed by atoms with Crippen molar-refractivity contribution in [2.45, 2.75) is 25.3 Å². The summed E-state index contributed by atoms with van der Waals surface area (Å²) in [5.74, 6) is 0.0123. The predicted molar refractivity (Wildman–Crippen MR) is 97.5 cm³/mol. The Morgan fingerprint density at radius 1 is 1.33 bits per heavy atom. The first-order valence-corrected chi connectivity index (χ1v) is 8.22. The SMILES string of the molecule is C=CCN1CCNC(CC(=O)N2CCCc3ccccc32)C1=O.Cl. The van der Waals surface area contributed by atoms with E-state index in [1.165, 1.54) is 5.56 Å². The fourth-order valence-corrected chi connectivity index (χ4v) is 3.37. The van der Waals surface area contributed by atoms with Crippen LogP contribution in [0.1, 0.15) is 18.4 Å². The lowest BCUT2D eigenvalue weighted by Crippen LogP contribution is -2.56. The number of benzene rings is 1. The Morgan fingerprint density at radius 2 is 2.12 bits per heavy atom. The Balaban J connectivity index is 0.00000208. The average molecular weight is 350 g/mol. The fourth-order valence-electron chi connectivity index (χ4n) is 3.37. The maximum absolute atomic E-state index is 12.7. The van der Waals surface area contributed by atoms with E-state index in [1.54, 1.807) is 11.0 Å². The lowest BCUT2D eigenvalue weighted by Gasteiger charge is -2.34. The van der Waals surface area contributed by atoms with Gasteiger partial charge in [0.25, 0.3) is 0 Å². The standard InChI is InChI=1S/C18H23N3O2.ClH/c1-2-10-20-12-9-19-15(18(20)23)13-17(22)21-11-5-7-14-6-3-4-8-16(14)21;/h2-4,6,8,15,19H,1,5,7,9-13H2;1H. The number of piperazine rings is 1. The van der Waals surface area contributed by atoms with Crippen molar-refractivity contribution in [2.75, 3.05) is 31.1 Å². The summed E-state index contributed by atoms with van der Waals surface area (Å²) in [5, 5.41) is 3.18. The summed E-state index contributed by atoms with van der Waals surface area (Å²) in [7, 11) is 0. The first-order chi connectivity index (χ1) is 11.2. The van der Waals surface area contributed by atoms with Crippen LogP contribution in [0.5, 0.6) is 0 Å². The van der Waals surface area contributed by atoms with Gasteiger partial charge in [-0.15, -0.1) is 19.0 Å². The van der Waals surface area contributed by atoms with Crippen molar-refractivity contribution in [1.82, 2.24) is 10.2 Å². The average Bonchev–Trinajstić information content (AvgIpc) is 2.58. The van der Waals surface area contributed by atoms with E-state index in [0.717, 1.165) is 25.1 Å². The fraction of sp³-hybridized carbons (Fsp3) is 0.444. The van der Waals surface area contributed by atoms with E-state index in [0.29, 0.717) is 19.6 Å². The van der Waals surface area contributed by atoms with Crippen molar-refractivity contribution in [3.63, 3.8) is 0 Å². The summed E-state index contributed by atoms with van der Waals surface area (Å²) in [6.45, 7) is 6.34. The number of nitrogens with zero attached hydrogens (tertiary/aromatic N) is 2. The van der Waals surface area contributed by atoms with Crippen molar-refractivity contribution in [3.8, 4) is 0 Å². The second-order valence-corrected chi connectivity index (χ2v) is 6.06. The van der Waals surface area contributed by atoms with E-state index in [-0.39, 0.29) is 30.6 Å². The van der Waals surface area contributed by atoms with Crippen LogP contribution in [0.25, 0.3) is 0 Å². The van der Waals surface area contributed by atoms with Gasteiger partial charge < -0.3 is 15.1 Å². The molecular formula is C18H24ClN3O2. The van der Waals surface area contributed by atoms with Gasteiger partial charge in [-0.25, -0.2) is 0 Å². The minimum atomic E-state index is -0.426. The van der Waals surface area contributed by atoms with Gasteiger partial charge in [-0.2, -0.15) is 0 Å². The van der Waals surface area contributed by atoms with Crippen molar-refractivity contribution >= 4 is 29.9 Å². The van der Waals surface area contributed by atoms with Gasteiger partial charge in [-0.05, 0) is 24.5 Å². The van der Waals surface area contributed by atoms with Crippen LogP contribution in [0.15, 0.2) is 36.9 Å². The van der Waals surface area contributed by atoms with Crippen molar-refractivity contribution in [3.05, 3.63) is 42.5 Å². The third-order valence-electron chi connectivity index (χ3n) is 4.52. The summed E-state index contributed by atoms with van der Waals surface area (Å²) in [6.07, 6.45) is 3.91. The normalized spacial score (nSPS) is 20.2. The quantitative estimate of drug-likeness (QED) is 0.843. The first-order valence-electron chi connectivity index (χ1n) is 8.22. The van der Waals surface area contributed by atoms with Gasteiger partial charge in [0, 0.05) is 31.9 Å². The van der Waals surface area contributed by atoms with Gasteiger partial charge >= 0.3 is 0 Å². The number of halogens is 1. The molecule has 0 radical (unpaired) electrons. The molecule has 1 aromatic carbocycles. The molecule has 0 spiro atoms. The summed E-state index contributed by atoms with van der Waals surface area (Å²) in [5.41, 5.74) is 2.21. The lowest BCUT2D eigenvalue weighted by molar-refractivity contribution is -0.137. The van der Waals surface area contributed by atoms with Crippen LogP contribution >= 0.6 is 12.4 Å². The van der Waals surface area contributed by atoms with Crippen LogP contribution in [0.3, 0.4) is 0 Å². The molecule has 0 saturated carbocycles. The number of para-hydroxylation sites is 1. The van der Waals surface area contributed by atoms with Crippen LogP contribution < -0.4 is 10.2 Å². The van der Waals surface area contributed by atoms with E-state index in [2.05, 4.69) is 18.0 Å². The molecule has 2 aliphatic heterocycles. The lowest BCUT2D eigenvalue weighted by atomic mass is 10.0. The molecule has 2 amide bonds. The van der Waals surface area contributed by atoms with Gasteiger partial charge in [-0.1, -0.05) is 24.3 Å². The van der Waals surface area contributed by atoms with Crippen LogP contribution in [-0.2, 0) is 16.0 Å². The van der Waals surface area contributed by atoms with Crippen LogP contribution in [0.2, 0.25) is 0 Å². The molecule has 0 aliphatic carbocycles. The number of amides is 2. The smallest absolute Gasteiger partial charge is 0.240 e. The minimum absolute atomic E-state index is 0. The Hall–Kier alpha value is -1.85. The number of nitrogens with one attached hydrogen (secondary N) is 1. The molecular weight excluding hydrogens is 326 g/mol. The molecule has 24 heavy (non-hydrogen) atoms.